The minimum Gasteiger partial charge on any atom is -0.278 e. The van der Waals surface area contributed by atoms with E-state index < -0.39 is 0 Å². The zero-order valence-corrected chi connectivity index (χ0v) is 14.5. The van der Waals surface area contributed by atoms with Crippen LogP contribution in [-0.4, -0.2) is 14.5 Å². The number of benzene rings is 1. The lowest BCUT2D eigenvalue weighted by Crippen LogP contribution is -2.04. The first-order valence-electron chi connectivity index (χ1n) is 6.43. The predicted molar refractivity (Wildman–Crippen MR) is 90.6 cm³/mol. The lowest BCUT2D eigenvalue weighted by Gasteiger charge is -2.12. The van der Waals surface area contributed by atoms with Gasteiger partial charge in [-0.2, -0.15) is 0 Å². The van der Waals surface area contributed by atoms with Crippen LogP contribution in [0.15, 0.2) is 34.8 Å². The largest absolute Gasteiger partial charge is 0.278 e. The van der Waals surface area contributed by atoms with Gasteiger partial charge in [-0.15, -0.1) is 11.6 Å². The van der Waals surface area contributed by atoms with Crippen LogP contribution >= 0.6 is 39.1 Å². The minimum absolute atomic E-state index is 0.245. The molecule has 108 valence electrons. The predicted octanol–water partition coefficient (Wildman–Crippen LogP) is 5.44. The second-order valence-electron chi connectivity index (χ2n) is 4.81. The Kier molecular flexibility index (Phi) is 3.95. The number of pyridine rings is 1. The Morgan fingerprint density at radius 3 is 2.67 bits per heavy atom. The summed E-state index contributed by atoms with van der Waals surface area (Å²) in [5, 5.41) is 0.404. The molecule has 3 nitrogen and oxygen atoms in total. The number of nitrogens with zero attached hydrogens (tertiary/aromatic N) is 3. The van der Waals surface area contributed by atoms with Crippen LogP contribution < -0.4 is 0 Å². The van der Waals surface area contributed by atoms with Crippen molar-refractivity contribution in [2.75, 3.05) is 0 Å². The van der Waals surface area contributed by atoms with Gasteiger partial charge in [-0.1, -0.05) is 11.6 Å². The van der Waals surface area contributed by atoms with Gasteiger partial charge in [0, 0.05) is 15.2 Å². The summed E-state index contributed by atoms with van der Waals surface area (Å²) in [5.74, 6) is 0.743. The summed E-state index contributed by atoms with van der Waals surface area (Å²) in [6.45, 7) is 3.85. The molecule has 0 N–H and O–H groups in total. The van der Waals surface area contributed by atoms with E-state index in [0.29, 0.717) is 5.02 Å². The number of alkyl halides is 1. The third kappa shape index (κ3) is 2.68. The first-order valence-corrected chi connectivity index (χ1v) is 8.03. The quantitative estimate of drug-likeness (QED) is 0.550. The lowest BCUT2D eigenvalue weighted by molar-refractivity contribution is 0.873. The first-order chi connectivity index (χ1) is 9.97. The average Bonchev–Trinajstić information content (AvgIpc) is 2.80. The zero-order valence-electron chi connectivity index (χ0n) is 11.4. The smallest absolute Gasteiger partial charge is 0.165 e. The van der Waals surface area contributed by atoms with E-state index in [2.05, 4.69) is 25.9 Å². The van der Waals surface area contributed by atoms with E-state index in [4.69, 9.17) is 23.2 Å². The molecule has 2 aromatic heterocycles. The molecule has 0 saturated heterocycles. The molecular weight excluding hydrogens is 373 g/mol. The second kappa shape index (κ2) is 5.59. The van der Waals surface area contributed by atoms with E-state index in [1.54, 1.807) is 0 Å². The maximum absolute atomic E-state index is 6.30. The van der Waals surface area contributed by atoms with Crippen molar-refractivity contribution in [3.8, 4) is 5.69 Å². The van der Waals surface area contributed by atoms with Crippen molar-refractivity contribution in [3.63, 3.8) is 0 Å². The molecule has 2 heterocycles. The molecule has 0 fully saturated rings. The molecule has 1 unspecified atom stereocenters. The number of imidazole rings is 1. The van der Waals surface area contributed by atoms with Gasteiger partial charge in [0.1, 0.15) is 11.3 Å². The number of aryl methyl sites for hydroxylation is 1. The Balaban J connectivity index is 2.41. The molecule has 0 aliphatic heterocycles. The Morgan fingerprint density at radius 2 is 1.95 bits per heavy atom. The van der Waals surface area contributed by atoms with Gasteiger partial charge >= 0.3 is 0 Å². The van der Waals surface area contributed by atoms with Crippen LogP contribution in [0, 0.1) is 6.92 Å². The van der Waals surface area contributed by atoms with Crippen LogP contribution in [0.5, 0.6) is 0 Å². The van der Waals surface area contributed by atoms with E-state index in [1.165, 1.54) is 0 Å². The maximum Gasteiger partial charge on any atom is 0.165 e. The lowest BCUT2D eigenvalue weighted by atomic mass is 10.3. The van der Waals surface area contributed by atoms with Crippen LogP contribution in [-0.2, 0) is 0 Å². The molecule has 1 aromatic carbocycles. The van der Waals surface area contributed by atoms with Gasteiger partial charge in [-0.05, 0) is 60.1 Å². The SMILES string of the molecule is Cc1ccc2nc(C(C)Cl)n(-c3cc(Cl)ccc3Br)c2n1. The molecule has 0 aliphatic rings. The highest BCUT2D eigenvalue weighted by atomic mass is 79.9. The number of hydrogen-bond donors (Lipinski definition) is 0. The highest BCUT2D eigenvalue weighted by Crippen LogP contribution is 2.32. The first kappa shape index (κ1) is 14.8. The highest BCUT2D eigenvalue weighted by Gasteiger charge is 2.19. The Bertz CT molecular complexity index is 827. The van der Waals surface area contributed by atoms with Gasteiger partial charge in [0.05, 0.1) is 11.1 Å². The number of halogens is 3. The van der Waals surface area contributed by atoms with Crippen LogP contribution in [0.4, 0.5) is 0 Å². The van der Waals surface area contributed by atoms with Crippen molar-refractivity contribution in [3.05, 3.63) is 51.3 Å². The fourth-order valence-electron chi connectivity index (χ4n) is 2.23. The Morgan fingerprint density at radius 1 is 1.19 bits per heavy atom. The van der Waals surface area contributed by atoms with Crippen molar-refractivity contribution < 1.29 is 0 Å². The van der Waals surface area contributed by atoms with E-state index in [9.17, 15) is 0 Å². The molecule has 0 aliphatic carbocycles. The number of hydrogen-bond acceptors (Lipinski definition) is 2. The molecule has 21 heavy (non-hydrogen) atoms. The van der Waals surface area contributed by atoms with Crippen molar-refractivity contribution in [2.45, 2.75) is 19.2 Å². The molecule has 0 spiro atoms. The third-order valence-corrected chi connectivity index (χ3v) is 4.28. The molecule has 0 radical (unpaired) electrons. The normalized spacial score (nSPS) is 12.8. The monoisotopic (exact) mass is 383 g/mol. The summed E-state index contributed by atoms with van der Waals surface area (Å²) in [6.07, 6.45) is 0. The summed E-state index contributed by atoms with van der Waals surface area (Å²) >= 11 is 16.0. The van der Waals surface area contributed by atoms with E-state index >= 15 is 0 Å². The van der Waals surface area contributed by atoms with E-state index in [1.807, 2.05) is 48.7 Å². The van der Waals surface area contributed by atoms with Crippen LogP contribution in [0.25, 0.3) is 16.9 Å². The van der Waals surface area contributed by atoms with E-state index in [-0.39, 0.29) is 5.38 Å². The summed E-state index contributed by atoms with van der Waals surface area (Å²) in [7, 11) is 0. The van der Waals surface area contributed by atoms with Crippen LogP contribution in [0.3, 0.4) is 0 Å². The van der Waals surface area contributed by atoms with Gasteiger partial charge in [0.15, 0.2) is 5.65 Å². The zero-order chi connectivity index (χ0) is 15.1. The average molecular weight is 385 g/mol. The molecule has 3 rings (SSSR count). The third-order valence-electron chi connectivity index (χ3n) is 3.17. The van der Waals surface area contributed by atoms with Crippen LogP contribution in [0.1, 0.15) is 23.8 Å². The van der Waals surface area contributed by atoms with Gasteiger partial charge < -0.3 is 0 Å². The van der Waals surface area contributed by atoms with Crippen molar-refractivity contribution in [1.29, 1.82) is 0 Å². The van der Waals surface area contributed by atoms with Gasteiger partial charge in [-0.25, -0.2) is 9.97 Å². The van der Waals surface area contributed by atoms with Gasteiger partial charge in [0.25, 0.3) is 0 Å². The summed E-state index contributed by atoms with van der Waals surface area (Å²) in [4.78, 5) is 9.21. The number of fused-ring (bicyclic) bond motifs is 1. The number of aromatic nitrogens is 3. The minimum atomic E-state index is -0.245. The number of rotatable bonds is 2. The van der Waals surface area contributed by atoms with Gasteiger partial charge in [0.2, 0.25) is 0 Å². The maximum atomic E-state index is 6.30. The highest BCUT2D eigenvalue weighted by molar-refractivity contribution is 9.10. The summed E-state index contributed by atoms with van der Waals surface area (Å²) < 4.78 is 2.86. The molecular formula is C15H12BrCl2N3. The molecule has 0 bridgehead atoms. The van der Waals surface area contributed by atoms with E-state index in [0.717, 1.165) is 32.8 Å². The van der Waals surface area contributed by atoms with Crippen molar-refractivity contribution >= 4 is 50.3 Å². The molecule has 1 atom stereocenters. The fraction of sp³-hybridized carbons (Fsp3) is 0.200. The Labute approximate surface area is 141 Å². The standard InChI is InChI=1S/C15H12BrCl2N3/c1-8-3-6-12-15(19-8)21(14(20-12)9(2)17)13-7-10(18)4-5-11(13)16/h3-7,9H,1-2H3. The van der Waals surface area contributed by atoms with Crippen molar-refractivity contribution in [1.82, 2.24) is 14.5 Å². The molecule has 0 saturated carbocycles. The van der Waals surface area contributed by atoms with Gasteiger partial charge in [-0.3, -0.25) is 4.57 Å². The van der Waals surface area contributed by atoms with Crippen LogP contribution in [0.2, 0.25) is 5.02 Å². The summed E-state index contributed by atoms with van der Waals surface area (Å²) in [5.41, 5.74) is 3.40. The molecule has 0 amide bonds. The molecule has 6 heteroatoms. The molecule has 3 aromatic rings. The second-order valence-corrected chi connectivity index (χ2v) is 6.76. The topological polar surface area (TPSA) is 30.7 Å². The fourth-order valence-corrected chi connectivity index (χ4v) is 2.97. The Hall–Kier alpha value is -1.10. The van der Waals surface area contributed by atoms with Crippen molar-refractivity contribution in [2.24, 2.45) is 0 Å². The summed E-state index contributed by atoms with van der Waals surface area (Å²) in [6, 6.07) is 9.50.